The molecule has 0 saturated heterocycles. The number of halogens is 1. The summed E-state index contributed by atoms with van der Waals surface area (Å²) in [5.41, 5.74) is 7.66. The Bertz CT molecular complexity index is 812. The molecule has 1 amide bonds. The molecule has 0 bridgehead atoms. The molecular formula is C15H13ClN4O. The van der Waals surface area contributed by atoms with Crippen molar-refractivity contribution in [1.82, 2.24) is 9.78 Å². The van der Waals surface area contributed by atoms with Crippen LogP contribution >= 0.6 is 11.6 Å². The van der Waals surface area contributed by atoms with E-state index >= 15 is 0 Å². The van der Waals surface area contributed by atoms with Crippen LogP contribution in [0.4, 0.5) is 11.4 Å². The highest BCUT2D eigenvalue weighted by molar-refractivity contribution is 6.33. The summed E-state index contributed by atoms with van der Waals surface area (Å²) < 4.78 is 1.66. The lowest BCUT2D eigenvalue weighted by atomic mass is 10.2. The zero-order valence-corrected chi connectivity index (χ0v) is 11.8. The number of nitrogens with two attached hydrogens (primary N) is 1. The predicted molar refractivity (Wildman–Crippen MR) is 84.2 cm³/mol. The summed E-state index contributed by atoms with van der Waals surface area (Å²) in [7, 11) is 0. The van der Waals surface area contributed by atoms with Crippen LogP contribution in [0.3, 0.4) is 0 Å². The number of fused-ring (bicyclic) bond motifs is 1. The SMILES string of the molecule is Nc1cc(NC(=O)Cn2ncc3ccccc32)ccc1Cl. The number of carbonyl (C=O) groups is 1. The molecule has 3 rings (SSSR count). The minimum Gasteiger partial charge on any atom is -0.397 e. The maximum absolute atomic E-state index is 12.1. The van der Waals surface area contributed by atoms with Crippen molar-refractivity contribution >= 4 is 39.8 Å². The summed E-state index contributed by atoms with van der Waals surface area (Å²) >= 11 is 5.85. The van der Waals surface area contributed by atoms with Crippen LogP contribution in [0.5, 0.6) is 0 Å². The van der Waals surface area contributed by atoms with Crippen LogP contribution in [-0.2, 0) is 11.3 Å². The van der Waals surface area contributed by atoms with E-state index in [0.29, 0.717) is 16.4 Å². The maximum Gasteiger partial charge on any atom is 0.246 e. The summed E-state index contributed by atoms with van der Waals surface area (Å²) in [6.45, 7) is 0.135. The Kier molecular flexibility index (Phi) is 3.50. The van der Waals surface area contributed by atoms with Crippen LogP contribution in [-0.4, -0.2) is 15.7 Å². The minimum atomic E-state index is -0.175. The van der Waals surface area contributed by atoms with Gasteiger partial charge >= 0.3 is 0 Å². The van der Waals surface area contributed by atoms with Gasteiger partial charge in [-0.15, -0.1) is 0 Å². The summed E-state index contributed by atoms with van der Waals surface area (Å²) in [5, 5.41) is 8.46. The molecule has 106 valence electrons. The fourth-order valence-corrected chi connectivity index (χ4v) is 2.23. The average Bonchev–Trinajstić information content (AvgIpc) is 2.86. The summed E-state index contributed by atoms with van der Waals surface area (Å²) in [6, 6.07) is 12.7. The van der Waals surface area contributed by atoms with Crippen LogP contribution in [0.15, 0.2) is 48.7 Å². The topological polar surface area (TPSA) is 72.9 Å². The third kappa shape index (κ3) is 2.83. The minimum absolute atomic E-state index is 0.135. The molecule has 3 N–H and O–H groups in total. The molecule has 5 nitrogen and oxygen atoms in total. The molecule has 1 heterocycles. The van der Waals surface area contributed by atoms with Gasteiger partial charge < -0.3 is 11.1 Å². The lowest BCUT2D eigenvalue weighted by Gasteiger charge is -2.07. The Balaban J connectivity index is 1.75. The molecule has 1 aromatic heterocycles. The van der Waals surface area contributed by atoms with Crippen molar-refractivity contribution in [3.63, 3.8) is 0 Å². The quantitative estimate of drug-likeness (QED) is 0.730. The Morgan fingerprint density at radius 2 is 2.10 bits per heavy atom. The number of rotatable bonds is 3. The monoisotopic (exact) mass is 300 g/mol. The van der Waals surface area contributed by atoms with E-state index in [9.17, 15) is 4.79 Å². The number of benzene rings is 2. The number of nitrogen functional groups attached to an aromatic ring is 1. The number of hydrogen-bond donors (Lipinski definition) is 2. The maximum atomic E-state index is 12.1. The van der Waals surface area contributed by atoms with E-state index in [4.69, 9.17) is 17.3 Å². The van der Waals surface area contributed by atoms with Crippen molar-refractivity contribution in [2.24, 2.45) is 0 Å². The molecule has 0 fully saturated rings. The number of amides is 1. The predicted octanol–water partition coefficient (Wildman–Crippen LogP) is 2.91. The molecule has 0 atom stereocenters. The molecule has 0 saturated carbocycles. The Morgan fingerprint density at radius 1 is 1.29 bits per heavy atom. The zero-order valence-electron chi connectivity index (χ0n) is 11.1. The van der Waals surface area contributed by atoms with Gasteiger partial charge in [0.25, 0.3) is 0 Å². The van der Waals surface area contributed by atoms with Gasteiger partial charge in [-0.25, -0.2) is 0 Å². The second-order valence-corrected chi connectivity index (χ2v) is 5.05. The van der Waals surface area contributed by atoms with Gasteiger partial charge in [-0.1, -0.05) is 29.8 Å². The van der Waals surface area contributed by atoms with Crippen LogP contribution < -0.4 is 11.1 Å². The fraction of sp³-hybridized carbons (Fsp3) is 0.0667. The molecule has 21 heavy (non-hydrogen) atoms. The number of anilines is 2. The first-order chi connectivity index (χ1) is 10.1. The number of aromatic nitrogens is 2. The van der Waals surface area contributed by atoms with Crippen molar-refractivity contribution in [1.29, 1.82) is 0 Å². The number of para-hydroxylation sites is 1. The number of hydrogen-bond acceptors (Lipinski definition) is 3. The van der Waals surface area contributed by atoms with E-state index in [1.165, 1.54) is 0 Å². The average molecular weight is 301 g/mol. The smallest absolute Gasteiger partial charge is 0.246 e. The highest BCUT2D eigenvalue weighted by Gasteiger charge is 2.08. The summed E-state index contributed by atoms with van der Waals surface area (Å²) in [6.07, 6.45) is 1.74. The van der Waals surface area contributed by atoms with Crippen molar-refractivity contribution in [3.8, 4) is 0 Å². The molecule has 6 heteroatoms. The fourth-order valence-electron chi connectivity index (χ4n) is 2.11. The zero-order chi connectivity index (χ0) is 14.8. The van der Waals surface area contributed by atoms with Gasteiger partial charge in [0.2, 0.25) is 5.91 Å². The summed E-state index contributed by atoms with van der Waals surface area (Å²) in [4.78, 5) is 12.1. The van der Waals surface area contributed by atoms with Gasteiger partial charge in [-0.3, -0.25) is 9.48 Å². The molecule has 0 spiro atoms. The van der Waals surface area contributed by atoms with Gasteiger partial charge in [-0.2, -0.15) is 5.10 Å². The van der Waals surface area contributed by atoms with Gasteiger partial charge in [0.05, 0.1) is 22.4 Å². The molecule has 0 aliphatic carbocycles. The number of nitrogens with one attached hydrogen (secondary N) is 1. The Labute approximate surface area is 126 Å². The molecule has 2 aromatic carbocycles. The van der Waals surface area contributed by atoms with Crippen LogP contribution in [0.1, 0.15) is 0 Å². The third-order valence-electron chi connectivity index (χ3n) is 3.12. The second kappa shape index (κ2) is 5.46. The Hall–Kier alpha value is -2.53. The van der Waals surface area contributed by atoms with E-state index in [1.54, 1.807) is 29.1 Å². The Morgan fingerprint density at radius 3 is 2.90 bits per heavy atom. The van der Waals surface area contributed by atoms with Crippen molar-refractivity contribution < 1.29 is 4.79 Å². The molecular weight excluding hydrogens is 288 g/mol. The van der Waals surface area contributed by atoms with E-state index in [0.717, 1.165) is 10.9 Å². The lowest BCUT2D eigenvalue weighted by molar-refractivity contribution is -0.116. The first-order valence-corrected chi connectivity index (χ1v) is 6.77. The standard InChI is InChI=1S/C15H13ClN4O/c16-12-6-5-11(7-13(12)17)19-15(21)9-20-14-4-2-1-3-10(14)8-18-20/h1-8H,9,17H2,(H,19,21). The third-order valence-corrected chi connectivity index (χ3v) is 3.47. The van der Waals surface area contributed by atoms with Gasteiger partial charge in [-0.05, 0) is 24.3 Å². The van der Waals surface area contributed by atoms with Gasteiger partial charge in [0, 0.05) is 11.1 Å². The van der Waals surface area contributed by atoms with E-state index < -0.39 is 0 Å². The highest BCUT2D eigenvalue weighted by atomic mass is 35.5. The lowest BCUT2D eigenvalue weighted by Crippen LogP contribution is -2.19. The van der Waals surface area contributed by atoms with Crippen LogP contribution in [0, 0.1) is 0 Å². The highest BCUT2D eigenvalue weighted by Crippen LogP contribution is 2.22. The molecule has 3 aromatic rings. The normalized spacial score (nSPS) is 10.7. The second-order valence-electron chi connectivity index (χ2n) is 4.65. The van der Waals surface area contributed by atoms with E-state index in [-0.39, 0.29) is 12.5 Å². The first-order valence-electron chi connectivity index (χ1n) is 6.39. The molecule has 0 aliphatic heterocycles. The summed E-state index contributed by atoms with van der Waals surface area (Å²) in [5.74, 6) is -0.175. The van der Waals surface area contributed by atoms with Gasteiger partial charge in [0.15, 0.2) is 0 Å². The molecule has 0 radical (unpaired) electrons. The number of nitrogens with zero attached hydrogens (tertiary/aromatic N) is 2. The van der Waals surface area contributed by atoms with Crippen molar-refractivity contribution in [2.45, 2.75) is 6.54 Å². The van der Waals surface area contributed by atoms with E-state index in [2.05, 4.69) is 10.4 Å². The van der Waals surface area contributed by atoms with Crippen molar-refractivity contribution in [3.05, 3.63) is 53.7 Å². The van der Waals surface area contributed by atoms with Gasteiger partial charge in [0.1, 0.15) is 6.54 Å². The molecule has 0 unspecified atom stereocenters. The van der Waals surface area contributed by atoms with E-state index in [1.807, 2.05) is 24.3 Å². The number of carbonyl (C=O) groups excluding carboxylic acids is 1. The van der Waals surface area contributed by atoms with Crippen molar-refractivity contribution in [2.75, 3.05) is 11.1 Å². The largest absolute Gasteiger partial charge is 0.397 e. The van der Waals surface area contributed by atoms with Crippen LogP contribution in [0.2, 0.25) is 5.02 Å². The van der Waals surface area contributed by atoms with Crippen LogP contribution in [0.25, 0.3) is 10.9 Å². The first kappa shape index (κ1) is 13.5. The molecule has 0 aliphatic rings.